The number of hydrogen-bond acceptors (Lipinski definition) is 2. The van der Waals surface area contributed by atoms with Crippen LogP contribution in [-0.2, 0) is 9.05 Å². The van der Waals surface area contributed by atoms with E-state index in [1.165, 1.54) is 19.1 Å². The molecular formula is C8H7ClF2O2S. The number of hydrogen-bond donors (Lipinski definition) is 0. The number of benzene rings is 1. The van der Waals surface area contributed by atoms with Crippen LogP contribution in [-0.4, -0.2) is 8.42 Å². The minimum Gasteiger partial charge on any atom is -0.207 e. The van der Waals surface area contributed by atoms with Crippen LogP contribution in [0.25, 0.3) is 0 Å². The molecule has 1 aromatic rings. The molecule has 0 aliphatic rings. The van der Waals surface area contributed by atoms with Crippen LogP contribution >= 0.6 is 10.7 Å². The summed E-state index contributed by atoms with van der Waals surface area (Å²) in [6.07, 6.45) is -2.85. The van der Waals surface area contributed by atoms with Gasteiger partial charge < -0.3 is 0 Å². The molecule has 0 aromatic heterocycles. The summed E-state index contributed by atoms with van der Waals surface area (Å²) in [6.45, 7) is 1.42. The molecule has 0 bridgehead atoms. The first-order valence-electron chi connectivity index (χ1n) is 3.66. The van der Waals surface area contributed by atoms with Gasteiger partial charge in [-0.1, -0.05) is 18.2 Å². The Hall–Kier alpha value is -0.680. The third-order valence-electron chi connectivity index (χ3n) is 1.72. The molecule has 1 aromatic carbocycles. The Morgan fingerprint density at radius 3 is 2.29 bits per heavy atom. The summed E-state index contributed by atoms with van der Waals surface area (Å²) in [5, 5.41) is 0. The van der Waals surface area contributed by atoms with Crippen LogP contribution < -0.4 is 0 Å². The Balaban J connectivity index is 3.54. The highest BCUT2D eigenvalue weighted by Crippen LogP contribution is 2.30. The second-order valence-corrected chi connectivity index (χ2v) is 5.23. The third kappa shape index (κ3) is 2.22. The van der Waals surface area contributed by atoms with Crippen LogP contribution in [0.4, 0.5) is 8.78 Å². The molecule has 0 atom stereocenters. The zero-order valence-electron chi connectivity index (χ0n) is 7.17. The van der Waals surface area contributed by atoms with Crippen LogP contribution in [0.5, 0.6) is 0 Å². The number of alkyl halides is 2. The van der Waals surface area contributed by atoms with Gasteiger partial charge in [-0.2, -0.15) is 0 Å². The molecule has 0 amide bonds. The highest BCUT2D eigenvalue weighted by molar-refractivity contribution is 8.13. The van der Waals surface area contributed by atoms with Gasteiger partial charge in [0.2, 0.25) is 0 Å². The van der Waals surface area contributed by atoms with E-state index in [9.17, 15) is 17.2 Å². The van der Waals surface area contributed by atoms with Crippen molar-refractivity contribution in [3.05, 3.63) is 29.3 Å². The normalized spacial score (nSPS) is 12.1. The average molecular weight is 241 g/mol. The molecule has 0 aliphatic heterocycles. The van der Waals surface area contributed by atoms with Crippen LogP contribution in [0.3, 0.4) is 0 Å². The Labute approximate surface area is 84.9 Å². The molecule has 0 fully saturated rings. The maximum atomic E-state index is 12.4. The van der Waals surface area contributed by atoms with E-state index < -0.39 is 25.9 Å². The molecule has 0 heterocycles. The minimum absolute atomic E-state index is 0.220. The molecule has 0 spiro atoms. The Morgan fingerprint density at radius 2 is 1.93 bits per heavy atom. The van der Waals surface area contributed by atoms with Gasteiger partial charge in [-0.25, -0.2) is 17.2 Å². The van der Waals surface area contributed by atoms with Crippen molar-refractivity contribution in [1.29, 1.82) is 0 Å². The van der Waals surface area contributed by atoms with Gasteiger partial charge in [0.05, 0.1) is 4.90 Å². The zero-order chi connectivity index (χ0) is 10.9. The number of rotatable bonds is 2. The molecule has 0 N–H and O–H groups in total. The van der Waals surface area contributed by atoms with Gasteiger partial charge in [-0.05, 0) is 12.5 Å². The maximum absolute atomic E-state index is 12.4. The summed E-state index contributed by atoms with van der Waals surface area (Å²) in [6, 6.07) is 3.83. The first-order valence-corrected chi connectivity index (χ1v) is 5.97. The standard InChI is InChI=1S/C8H7ClF2O2S/c1-5-3-2-4-6(8(10)11)7(5)14(9,12)13/h2-4,8H,1H3. The van der Waals surface area contributed by atoms with Crippen LogP contribution in [0, 0.1) is 6.92 Å². The van der Waals surface area contributed by atoms with E-state index >= 15 is 0 Å². The molecule has 0 radical (unpaired) electrons. The van der Waals surface area contributed by atoms with Crippen molar-refractivity contribution in [2.24, 2.45) is 0 Å². The topological polar surface area (TPSA) is 34.1 Å². The molecule has 0 saturated carbocycles. The summed E-state index contributed by atoms with van der Waals surface area (Å²) < 4.78 is 46.9. The van der Waals surface area contributed by atoms with Crippen molar-refractivity contribution in [2.75, 3.05) is 0 Å². The quantitative estimate of drug-likeness (QED) is 0.745. The van der Waals surface area contributed by atoms with E-state index in [-0.39, 0.29) is 5.56 Å². The predicted octanol–water partition coefficient (Wildman–Crippen LogP) is 2.86. The molecule has 14 heavy (non-hydrogen) atoms. The molecule has 0 unspecified atom stereocenters. The zero-order valence-corrected chi connectivity index (χ0v) is 8.74. The second kappa shape index (κ2) is 3.82. The maximum Gasteiger partial charge on any atom is 0.265 e. The molecule has 0 saturated heterocycles. The van der Waals surface area contributed by atoms with Gasteiger partial charge in [0, 0.05) is 16.2 Å². The minimum atomic E-state index is -4.12. The van der Waals surface area contributed by atoms with Crippen molar-refractivity contribution in [3.8, 4) is 0 Å². The van der Waals surface area contributed by atoms with Crippen molar-refractivity contribution in [3.63, 3.8) is 0 Å². The average Bonchev–Trinajstić information content (AvgIpc) is 2.01. The summed E-state index contributed by atoms with van der Waals surface area (Å²) >= 11 is 0. The van der Waals surface area contributed by atoms with Crippen molar-refractivity contribution in [2.45, 2.75) is 18.2 Å². The fraction of sp³-hybridized carbons (Fsp3) is 0.250. The van der Waals surface area contributed by atoms with Gasteiger partial charge >= 0.3 is 0 Å². The largest absolute Gasteiger partial charge is 0.265 e. The molecule has 2 nitrogen and oxygen atoms in total. The van der Waals surface area contributed by atoms with E-state index in [1.54, 1.807) is 0 Å². The van der Waals surface area contributed by atoms with E-state index in [1.807, 2.05) is 0 Å². The molecule has 1 rings (SSSR count). The van der Waals surface area contributed by atoms with Gasteiger partial charge in [-0.3, -0.25) is 0 Å². The highest BCUT2D eigenvalue weighted by atomic mass is 35.7. The Morgan fingerprint density at radius 1 is 1.36 bits per heavy atom. The van der Waals surface area contributed by atoms with E-state index in [2.05, 4.69) is 0 Å². The fourth-order valence-electron chi connectivity index (χ4n) is 1.18. The first-order chi connectivity index (χ1) is 6.34. The van der Waals surface area contributed by atoms with Gasteiger partial charge in [-0.15, -0.1) is 0 Å². The highest BCUT2D eigenvalue weighted by Gasteiger charge is 2.23. The lowest BCUT2D eigenvalue weighted by atomic mass is 10.1. The second-order valence-electron chi connectivity index (χ2n) is 2.73. The molecular weight excluding hydrogens is 234 g/mol. The summed E-state index contributed by atoms with van der Waals surface area (Å²) in [5.74, 6) is 0. The van der Waals surface area contributed by atoms with E-state index in [0.717, 1.165) is 6.07 Å². The lowest BCUT2D eigenvalue weighted by molar-refractivity contribution is 0.148. The van der Waals surface area contributed by atoms with E-state index in [4.69, 9.17) is 10.7 Å². The van der Waals surface area contributed by atoms with E-state index in [0.29, 0.717) is 0 Å². The lowest BCUT2D eigenvalue weighted by Crippen LogP contribution is -2.01. The summed E-state index contributed by atoms with van der Waals surface area (Å²) in [5.41, 5.74) is -0.335. The van der Waals surface area contributed by atoms with Crippen molar-refractivity contribution < 1.29 is 17.2 Å². The van der Waals surface area contributed by atoms with Crippen molar-refractivity contribution >= 4 is 19.7 Å². The van der Waals surface area contributed by atoms with Crippen LogP contribution in [0.2, 0.25) is 0 Å². The molecule has 78 valence electrons. The third-order valence-corrected chi connectivity index (χ3v) is 3.23. The lowest BCUT2D eigenvalue weighted by Gasteiger charge is -2.08. The predicted molar refractivity (Wildman–Crippen MR) is 49.2 cm³/mol. The molecule has 0 aliphatic carbocycles. The summed E-state index contributed by atoms with van der Waals surface area (Å²) in [4.78, 5) is -0.489. The van der Waals surface area contributed by atoms with Gasteiger partial charge in [0.15, 0.2) is 0 Å². The first kappa shape index (κ1) is 11.4. The number of halogens is 3. The smallest absolute Gasteiger partial charge is 0.207 e. The van der Waals surface area contributed by atoms with Crippen LogP contribution in [0.15, 0.2) is 23.1 Å². The fourth-order valence-corrected chi connectivity index (χ4v) is 2.70. The SMILES string of the molecule is Cc1cccc(C(F)F)c1S(=O)(=O)Cl. The van der Waals surface area contributed by atoms with Gasteiger partial charge in [0.25, 0.3) is 15.5 Å². The molecule has 6 heteroatoms. The Bertz CT molecular complexity index is 443. The summed E-state index contributed by atoms with van der Waals surface area (Å²) in [7, 11) is 0.935. The van der Waals surface area contributed by atoms with Gasteiger partial charge in [0.1, 0.15) is 0 Å². The monoisotopic (exact) mass is 240 g/mol. The van der Waals surface area contributed by atoms with Crippen LogP contribution in [0.1, 0.15) is 17.6 Å². The Kier molecular flexibility index (Phi) is 3.11. The van der Waals surface area contributed by atoms with Crippen molar-refractivity contribution in [1.82, 2.24) is 0 Å². The number of aryl methyl sites for hydroxylation is 1.